The van der Waals surface area contributed by atoms with Gasteiger partial charge in [-0.1, -0.05) is 12.1 Å². The van der Waals surface area contributed by atoms with Crippen LogP contribution < -0.4 is 10.7 Å². The number of nitrogens with one attached hydrogen (secondary N) is 1. The van der Waals surface area contributed by atoms with E-state index in [4.69, 9.17) is 9.52 Å². The van der Waals surface area contributed by atoms with Gasteiger partial charge in [0.15, 0.2) is 5.43 Å². The average Bonchev–Trinajstić information content (AvgIpc) is 3.11. The van der Waals surface area contributed by atoms with Crippen LogP contribution in [0.2, 0.25) is 0 Å². The number of anilines is 1. The van der Waals surface area contributed by atoms with Gasteiger partial charge in [-0.2, -0.15) is 0 Å². The number of allylic oxidation sites excluding steroid dienone is 1. The van der Waals surface area contributed by atoms with Gasteiger partial charge in [-0.05, 0) is 54.3 Å². The van der Waals surface area contributed by atoms with E-state index in [1.807, 2.05) is 6.08 Å². The molecule has 0 radical (unpaired) electrons. The second-order valence-electron chi connectivity index (χ2n) is 6.83. The van der Waals surface area contributed by atoms with Crippen molar-refractivity contribution in [1.82, 2.24) is 0 Å². The first kappa shape index (κ1) is 19.3. The lowest BCUT2D eigenvalue weighted by atomic mass is 10.1. The Hall–Kier alpha value is -4.00. The standard InChI is InChI=1S/C23H16FNO5/c24-15-4-1-13(2-5-15)11-14-3-7-18-22(29)17-8-6-16(12-19(17)30-23(14)18)25-20(26)9-10-21(27)28/h1-2,4-6,8-12H,3,7H2,(H,25,26)(H,27,28)/b10-9-,14-11+. The number of carbonyl (C=O) groups is 2. The Morgan fingerprint density at radius 2 is 1.83 bits per heavy atom. The number of halogens is 1. The molecule has 0 atom stereocenters. The second kappa shape index (κ2) is 7.79. The van der Waals surface area contributed by atoms with Gasteiger partial charge in [-0.15, -0.1) is 0 Å². The maximum Gasteiger partial charge on any atom is 0.328 e. The zero-order valence-electron chi connectivity index (χ0n) is 15.6. The molecule has 1 aliphatic carbocycles. The lowest BCUT2D eigenvalue weighted by Gasteiger charge is -2.07. The normalized spacial score (nSPS) is 14.4. The number of amides is 1. The van der Waals surface area contributed by atoms with Crippen molar-refractivity contribution in [3.8, 4) is 0 Å². The average molecular weight is 405 g/mol. The highest BCUT2D eigenvalue weighted by molar-refractivity contribution is 6.03. The SMILES string of the molecule is O=C(O)/C=C\C(=O)Nc1ccc2c(=O)c3c(oc2c1)/C(=C/c1ccc(F)cc1)CC3. The van der Waals surface area contributed by atoms with Crippen molar-refractivity contribution in [3.05, 3.63) is 87.5 Å². The monoisotopic (exact) mass is 405 g/mol. The Bertz CT molecular complexity index is 1290. The van der Waals surface area contributed by atoms with E-state index >= 15 is 0 Å². The highest BCUT2D eigenvalue weighted by Crippen LogP contribution is 2.34. The summed E-state index contributed by atoms with van der Waals surface area (Å²) >= 11 is 0. The lowest BCUT2D eigenvalue weighted by molar-refractivity contribution is -0.131. The molecule has 0 aliphatic heterocycles. The molecular formula is C23H16FNO5. The summed E-state index contributed by atoms with van der Waals surface area (Å²) in [6, 6.07) is 10.7. The molecule has 1 heterocycles. The maximum atomic E-state index is 13.1. The van der Waals surface area contributed by atoms with Gasteiger partial charge in [0.1, 0.15) is 17.2 Å². The molecule has 1 aromatic heterocycles. The quantitative estimate of drug-likeness (QED) is 0.640. The van der Waals surface area contributed by atoms with Crippen LogP contribution in [0.15, 0.2) is 63.8 Å². The lowest BCUT2D eigenvalue weighted by Crippen LogP contribution is -2.11. The van der Waals surface area contributed by atoms with Gasteiger partial charge in [-0.25, -0.2) is 9.18 Å². The van der Waals surface area contributed by atoms with E-state index in [0.717, 1.165) is 23.3 Å². The molecule has 3 aromatic rings. The molecule has 1 aliphatic rings. The number of rotatable bonds is 4. The van der Waals surface area contributed by atoms with Crippen molar-refractivity contribution in [3.63, 3.8) is 0 Å². The van der Waals surface area contributed by atoms with Crippen molar-refractivity contribution in [2.75, 3.05) is 5.32 Å². The van der Waals surface area contributed by atoms with E-state index in [-0.39, 0.29) is 11.2 Å². The molecule has 6 nitrogen and oxygen atoms in total. The van der Waals surface area contributed by atoms with E-state index in [0.29, 0.717) is 40.8 Å². The molecule has 0 saturated heterocycles. The van der Waals surface area contributed by atoms with Crippen molar-refractivity contribution in [2.45, 2.75) is 12.8 Å². The first-order valence-electron chi connectivity index (χ1n) is 9.19. The van der Waals surface area contributed by atoms with Gasteiger partial charge in [0.25, 0.3) is 0 Å². The Morgan fingerprint density at radius 3 is 2.57 bits per heavy atom. The predicted molar refractivity (Wildman–Crippen MR) is 110 cm³/mol. The minimum atomic E-state index is -1.23. The molecule has 0 unspecified atom stereocenters. The number of hydrogen-bond acceptors (Lipinski definition) is 4. The topological polar surface area (TPSA) is 96.6 Å². The number of carbonyl (C=O) groups excluding carboxylic acids is 1. The highest BCUT2D eigenvalue weighted by Gasteiger charge is 2.24. The van der Waals surface area contributed by atoms with Crippen LogP contribution in [0.5, 0.6) is 0 Å². The Morgan fingerprint density at radius 1 is 1.07 bits per heavy atom. The molecule has 150 valence electrons. The van der Waals surface area contributed by atoms with Crippen LogP contribution in [-0.4, -0.2) is 17.0 Å². The summed E-state index contributed by atoms with van der Waals surface area (Å²) in [5.41, 5.74) is 2.79. The predicted octanol–water partition coefficient (Wildman–Crippen LogP) is 4.00. The molecule has 0 spiro atoms. The molecular weight excluding hydrogens is 389 g/mol. The summed E-state index contributed by atoms with van der Waals surface area (Å²) < 4.78 is 19.1. The van der Waals surface area contributed by atoms with Crippen LogP contribution in [-0.2, 0) is 16.0 Å². The van der Waals surface area contributed by atoms with Gasteiger partial charge in [0.05, 0.1) is 5.39 Å². The first-order chi connectivity index (χ1) is 14.4. The van der Waals surface area contributed by atoms with E-state index in [9.17, 15) is 18.8 Å². The van der Waals surface area contributed by atoms with Crippen molar-refractivity contribution < 1.29 is 23.5 Å². The molecule has 2 aromatic carbocycles. The molecule has 2 N–H and O–H groups in total. The highest BCUT2D eigenvalue weighted by atomic mass is 19.1. The van der Waals surface area contributed by atoms with Gasteiger partial charge in [-0.3, -0.25) is 9.59 Å². The van der Waals surface area contributed by atoms with Crippen molar-refractivity contribution >= 4 is 40.2 Å². The fraction of sp³-hybridized carbons (Fsp3) is 0.0870. The Balaban J connectivity index is 1.71. The Kier molecular flexibility index (Phi) is 5.02. The number of carboxylic acids is 1. The molecule has 0 fully saturated rings. The number of aliphatic carboxylic acids is 1. The van der Waals surface area contributed by atoms with Gasteiger partial charge in [0, 0.05) is 29.5 Å². The number of hydrogen-bond donors (Lipinski definition) is 2. The molecule has 30 heavy (non-hydrogen) atoms. The number of fused-ring (bicyclic) bond motifs is 2. The second-order valence-corrected chi connectivity index (χ2v) is 6.83. The van der Waals surface area contributed by atoms with E-state index < -0.39 is 11.9 Å². The third-order valence-corrected chi connectivity index (χ3v) is 4.78. The smallest absolute Gasteiger partial charge is 0.328 e. The molecule has 1 amide bonds. The summed E-state index contributed by atoms with van der Waals surface area (Å²) in [4.78, 5) is 35.2. The number of carboxylic acid groups (broad SMARTS) is 1. The zero-order valence-corrected chi connectivity index (χ0v) is 15.6. The van der Waals surface area contributed by atoms with E-state index in [2.05, 4.69) is 5.32 Å². The summed E-state index contributed by atoms with van der Waals surface area (Å²) in [6.45, 7) is 0. The fourth-order valence-electron chi connectivity index (χ4n) is 3.40. The third kappa shape index (κ3) is 3.91. The van der Waals surface area contributed by atoms with Crippen molar-refractivity contribution in [2.24, 2.45) is 0 Å². The molecule has 4 rings (SSSR count). The summed E-state index contributed by atoms with van der Waals surface area (Å²) in [5.74, 6) is -1.68. The third-order valence-electron chi connectivity index (χ3n) is 4.78. The summed E-state index contributed by atoms with van der Waals surface area (Å²) in [7, 11) is 0. The minimum absolute atomic E-state index is 0.127. The van der Waals surface area contributed by atoms with Crippen LogP contribution in [0.3, 0.4) is 0 Å². The summed E-state index contributed by atoms with van der Waals surface area (Å²) in [5, 5.41) is 11.5. The number of benzene rings is 2. The summed E-state index contributed by atoms with van der Waals surface area (Å²) in [6.07, 6.45) is 4.68. The van der Waals surface area contributed by atoms with Crippen LogP contribution in [0.4, 0.5) is 10.1 Å². The molecule has 7 heteroatoms. The van der Waals surface area contributed by atoms with Crippen LogP contribution in [0.1, 0.15) is 23.3 Å². The van der Waals surface area contributed by atoms with Crippen LogP contribution in [0.25, 0.3) is 22.6 Å². The zero-order chi connectivity index (χ0) is 21.3. The minimum Gasteiger partial charge on any atom is -0.478 e. The first-order valence-corrected chi connectivity index (χ1v) is 9.19. The maximum absolute atomic E-state index is 13.1. The van der Waals surface area contributed by atoms with Crippen LogP contribution in [0, 0.1) is 5.82 Å². The van der Waals surface area contributed by atoms with E-state index in [1.165, 1.54) is 18.2 Å². The fourth-order valence-corrected chi connectivity index (χ4v) is 3.40. The van der Waals surface area contributed by atoms with Gasteiger partial charge in [0.2, 0.25) is 5.91 Å². The Labute approximate surface area is 170 Å². The molecule has 0 bridgehead atoms. The van der Waals surface area contributed by atoms with Gasteiger partial charge < -0.3 is 14.8 Å². The largest absolute Gasteiger partial charge is 0.478 e. The van der Waals surface area contributed by atoms with Crippen LogP contribution >= 0.6 is 0 Å². The van der Waals surface area contributed by atoms with Crippen molar-refractivity contribution in [1.29, 1.82) is 0 Å². The van der Waals surface area contributed by atoms with Gasteiger partial charge >= 0.3 is 5.97 Å². The molecule has 0 saturated carbocycles. The van der Waals surface area contributed by atoms with E-state index in [1.54, 1.807) is 24.3 Å².